The van der Waals surface area contributed by atoms with E-state index in [1.54, 1.807) is 40.1 Å². The lowest BCUT2D eigenvalue weighted by atomic mass is 10.2. The Bertz CT molecular complexity index is 987. The first kappa shape index (κ1) is 18.0. The first-order valence-corrected chi connectivity index (χ1v) is 8.97. The topological polar surface area (TPSA) is 71.6 Å². The third-order valence-corrected chi connectivity index (χ3v) is 4.79. The number of piperazine rings is 1. The van der Waals surface area contributed by atoms with Gasteiger partial charge in [0.1, 0.15) is 17.2 Å². The van der Waals surface area contributed by atoms with Gasteiger partial charge < -0.3 is 14.2 Å². The molecule has 4 rings (SSSR count). The molecule has 0 unspecified atom stereocenters. The van der Waals surface area contributed by atoms with Gasteiger partial charge in [0, 0.05) is 39.2 Å². The van der Waals surface area contributed by atoms with Gasteiger partial charge in [0.05, 0.1) is 12.0 Å². The molecule has 3 heterocycles. The molecule has 8 heteroatoms. The van der Waals surface area contributed by atoms with E-state index >= 15 is 0 Å². The summed E-state index contributed by atoms with van der Waals surface area (Å²) in [6, 6.07) is 11.0. The number of nitrogens with zero attached hydrogens (tertiary/aromatic N) is 4. The Balaban J connectivity index is 1.68. The van der Waals surface area contributed by atoms with E-state index in [9.17, 15) is 14.0 Å². The second kappa shape index (κ2) is 7.30. The number of furan rings is 1. The summed E-state index contributed by atoms with van der Waals surface area (Å²) in [6.07, 6.45) is 1.54. The number of rotatable bonds is 3. The van der Waals surface area contributed by atoms with Crippen LogP contribution < -0.4 is 0 Å². The predicted octanol–water partition coefficient (Wildman–Crippen LogP) is 2.58. The highest BCUT2D eigenvalue weighted by molar-refractivity contribution is 5.94. The molecule has 1 aliphatic rings. The van der Waals surface area contributed by atoms with Crippen molar-refractivity contribution >= 4 is 11.8 Å². The summed E-state index contributed by atoms with van der Waals surface area (Å²) in [5, 5.41) is 4.50. The highest BCUT2D eigenvalue weighted by Gasteiger charge is 2.27. The monoisotopic (exact) mass is 382 g/mol. The number of hydrogen-bond acceptors (Lipinski definition) is 4. The van der Waals surface area contributed by atoms with Crippen LogP contribution in [-0.2, 0) is 4.79 Å². The highest BCUT2D eigenvalue weighted by atomic mass is 19.1. The van der Waals surface area contributed by atoms with E-state index < -0.39 is 0 Å². The molecular weight excluding hydrogens is 363 g/mol. The zero-order valence-electron chi connectivity index (χ0n) is 15.3. The molecule has 1 saturated heterocycles. The molecule has 2 amide bonds. The van der Waals surface area contributed by atoms with Crippen LogP contribution >= 0.6 is 0 Å². The van der Waals surface area contributed by atoms with Gasteiger partial charge in [-0.3, -0.25) is 9.59 Å². The molecule has 0 radical (unpaired) electrons. The van der Waals surface area contributed by atoms with E-state index in [4.69, 9.17) is 4.42 Å². The number of hydrogen-bond donors (Lipinski definition) is 0. The van der Waals surface area contributed by atoms with Crippen molar-refractivity contribution in [2.24, 2.45) is 0 Å². The Morgan fingerprint density at radius 1 is 1.04 bits per heavy atom. The molecule has 0 N–H and O–H groups in total. The van der Waals surface area contributed by atoms with Gasteiger partial charge in [-0.1, -0.05) is 0 Å². The number of aromatic nitrogens is 2. The van der Waals surface area contributed by atoms with Crippen molar-refractivity contribution in [3.63, 3.8) is 0 Å². The largest absolute Gasteiger partial charge is 0.463 e. The van der Waals surface area contributed by atoms with Gasteiger partial charge in [-0.15, -0.1) is 0 Å². The third-order valence-electron chi connectivity index (χ3n) is 4.79. The van der Waals surface area contributed by atoms with Gasteiger partial charge in [0.15, 0.2) is 5.76 Å². The molecule has 1 aromatic carbocycles. The smallest absolute Gasteiger partial charge is 0.272 e. The van der Waals surface area contributed by atoms with Crippen molar-refractivity contribution in [2.45, 2.75) is 6.92 Å². The molecule has 0 bridgehead atoms. The van der Waals surface area contributed by atoms with Crippen molar-refractivity contribution in [1.82, 2.24) is 19.6 Å². The summed E-state index contributed by atoms with van der Waals surface area (Å²) < 4.78 is 20.2. The van der Waals surface area contributed by atoms with E-state index in [0.717, 1.165) is 0 Å². The third kappa shape index (κ3) is 3.40. The van der Waals surface area contributed by atoms with Crippen LogP contribution in [-0.4, -0.2) is 57.6 Å². The predicted molar refractivity (Wildman–Crippen MR) is 99.4 cm³/mol. The van der Waals surface area contributed by atoms with E-state index in [1.165, 1.54) is 30.0 Å². The molecule has 1 fully saturated rings. The van der Waals surface area contributed by atoms with Gasteiger partial charge in [-0.25, -0.2) is 9.07 Å². The van der Waals surface area contributed by atoms with Crippen LogP contribution in [0, 0.1) is 5.82 Å². The van der Waals surface area contributed by atoms with Crippen LogP contribution in [0.2, 0.25) is 0 Å². The van der Waals surface area contributed by atoms with Crippen molar-refractivity contribution in [2.75, 3.05) is 26.2 Å². The molecule has 0 aliphatic carbocycles. The Hall–Kier alpha value is -3.42. The zero-order valence-corrected chi connectivity index (χ0v) is 15.3. The average molecular weight is 382 g/mol. The van der Waals surface area contributed by atoms with Crippen LogP contribution in [0.1, 0.15) is 17.4 Å². The van der Waals surface area contributed by atoms with Crippen molar-refractivity contribution < 1.29 is 18.4 Å². The summed E-state index contributed by atoms with van der Waals surface area (Å²) in [5.41, 5.74) is 1.44. The molecule has 144 valence electrons. The van der Waals surface area contributed by atoms with Crippen LogP contribution in [0.5, 0.6) is 0 Å². The number of halogens is 1. The van der Waals surface area contributed by atoms with Gasteiger partial charge in [-0.05, 0) is 36.4 Å². The molecule has 3 aromatic rings. The molecule has 0 spiro atoms. The molecule has 0 saturated carbocycles. The first-order valence-electron chi connectivity index (χ1n) is 8.97. The van der Waals surface area contributed by atoms with E-state index in [2.05, 4.69) is 5.10 Å². The normalized spacial score (nSPS) is 14.4. The number of amides is 2. The first-order chi connectivity index (χ1) is 13.5. The van der Waals surface area contributed by atoms with E-state index in [0.29, 0.717) is 49.0 Å². The van der Waals surface area contributed by atoms with Gasteiger partial charge in [0.2, 0.25) is 5.91 Å². The lowest BCUT2D eigenvalue weighted by molar-refractivity contribution is -0.130. The summed E-state index contributed by atoms with van der Waals surface area (Å²) in [4.78, 5) is 28.1. The van der Waals surface area contributed by atoms with Gasteiger partial charge in [0.25, 0.3) is 5.91 Å². The molecule has 2 aromatic heterocycles. The Labute approximate surface area is 161 Å². The minimum atomic E-state index is -0.365. The van der Waals surface area contributed by atoms with E-state index in [-0.39, 0.29) is 17.6 Å². The van der Waals surface area contributed by atoms with Crippen LogP contribution in [0.25, 0.3) is 17.1 Å². The second-order valence-electron chi connectivity index (χ2n) is 6.58. The molecule has 1 aliphatic heterocycles. The second-order valence-corrected chi connectivity index (χ2v) is 6.58. The lowest BCUT2D eigenvalue weighted by Gasteiger charge is -2.34. The number of carbonyl (C=O) groups excluding carboxylic acids is 2. The Morgan fingerprint density at radius 3 is 2.32 bits per heavy atom. The maximum Gasteiger partial charge on any atom is 0.272 e. The maximum atomic E-state index is 13.3. The fourth-order valence-corrected chi connectivity index (χ4v) is 3.24. The maximum absolute atomic E-state index is 13.3. The highest BCUT2D eigenvalue weighted by Crippen LogP contribution is 2.23. The minimum absolute atomic E-state index is 0.00329. The van der Waals surface area contributed by atoms with Crippen LogP contribution in [0.15, 0.2) is 53.1 Å². The Kier molecular flexibility index (Phi) is 4.68. The van der Waals surface area contributed by atoms with Gasteiger partial charge in [-0.2, -0.15) is 5.10 Å². The summed E-state index contributed by atoms with van der Waals surface area (Å²) >= 11 is 0. The van der Waals surface area contributed by atoms with Crippen molar-refractivity contribution in [1.29, 1.82) is 0 Å². The average Bonchev–Trinajstić information content (AvgIpc) is 3.38. The van der Waals surface area contributed by atoms with Crippen LogP contribution in [0.4, 0.5) is 4.39 Å². The lowest BCUT2D eigenvalue weighted by Crippen LogP contribution is -2.50. The molecule has 0 atom stereocenters. The molecular formula is C20H19FN4O3. The van der Waals surface area contributed by atoms with Crippen LogP contribution in [0.3, 0.4) is 0 Å². The fraction of sp³-hybridized carbons (Fsp3) is 0.250. The standard InChI is InChI=1S/C20H19FN4O3/c1-14(26)23-8-10-24(11-9-23)20(27)18-13-17(19-3-2-12-28-19)22-25(18)16-6-4-15(21)5-7-16/h2-7,12-13H,8-11H2,1H3. The number of carbonyl (C=O) groups is 2. The van der Waals surface area contributed by atoms with Crippen molar-refractivity contribution in [3.05, 3.63) is 60.2 Å². The number of benzene rings is 1. The Morgan fingerprint density at radius 2 is 1.71 bits per heavy atom. The van der Waals surface area contributed by atoms with Crippen molar-refractivity contribution in [3.8, 4) is 17.1 Å². The summed E-state index contributed by atoms with van der Waals surface area (Å²) in [5.74, 6) is -0.0203. The molecule has 28 heavy (non-hydrogen) atoms. The van der Waals surface area contributed by atoms with E-state index in [1.807, 2.05) is 0 Å². The quantitative estimate of drug-likeness (QED) is 0.698. The minimum Gasteiger partial charge on any atom is -0.463 e. The summed E-state index contributed by atoms with van der Waals surface area (Å²) in [6.45, 7) is 3.41. The fourth-order valence-electron chi connectivity index (χ4n) is 3.24. The van der Waals surface area contributed by atoms with Gasteiger partial charge >= 0.3 is 0 Å². The SMILES string of the molecule is CC(=O)N1CCN(C(=O)c2cc(-c3ccco3)nn2-c2ccc(F)cc2)CC1. The summed E-state index contributed by atoms with van der Waals surface area (Å²) in [7, 11) is 0. The zero-order chi connectivity index (χ0) is 19.7. The molecule has 7 nitrogen and oxygen atoms in total.